The van der Waals surface area contributed by atoms with E-state index in [1.54, 1.807) is 6.07 Å². The molecule has 126 valence electrons. The molecule has 0 aliphatic carbocycles. The van der Waals surface area contributed by atoms with Crippen molar-refractivity contribution < 1.29 is 13.2 Å². The maximum Gasteiger partial charge on any atom is 0.418 e. The highest BCUT2D eigenvalue weighted by molar-refractivity contribution is 5.82. The minimum Gasteiger partial charge on any atom is -0.354 e. The van der Waals surface area contributed by atoms with Gasteiger partial charge in [-0.15, -0.1) is 0 Å². The van der Waals surface area contributed by atoms with Crippen LogP contribution < -0.4 is 10.6 Å². The number of para-hydroxylation sites is 1. The molecule has 0 amide bonds. The average molecular weight is 340 g/mol. The van der Waals surface area contributed by atoms with Crippen molar-refractivity contribution >= 4 is 11.4 Å². The number of nitrogens with one attached hydrogen (secondary N) is 2. The molecular formula is C20H15F3N2. The van der Waals surface area contributed by atoms with Crippen molar-refractivity contribution in [1.29, 1.82) is 0 Å². The van der Waals surface area contributed by atoms with Crippen molar-refractivity contribution in [3.63, 3.8) is 0 Å². The van der Waals surface area contributed by atoms with Crippen molar-refractivity contribution in [2.45, 2.75) is 11.8 Å². The second kappa shape index (κ2) is 5.55. The summed E-state index contributed by atoms with van der Waals surface area (Å²) in [5.41, 5.74) is 0.555. The molecule has 0 fully saturated rings. The van der Waals surface area contributed by atoms with Gasteiger partial charge in [0.2, 0.25) is 0 Å². The third-order valence-corrected chi connectivity index (χ3v) is 4.42. The SMILES string of the molecule is FC(F)(F)c1cccc2c1NC(c1ccccc1)(c1ccccc1)N2. The van der Waals surface area contributed by atoms with Gasteiger partial charge in [0.15, 0.2) is 5.66 Å². The molecule has 0 spiro atoms. The Kier molecular flexibility index (Phi) is 3.46. The summed E-state index contributed by atoms with van der Waals surface area (Å²) in [5.74, 6) is 0. The van der Waals surface area contributed by atoms with Crippen LogP contribution in [0, 0.1) is 0 Å². The van der Waals surface area contributed by atoms with Gasteiger partial charge in [-0.1, -0.05) is 66.7 Å². The number of fused-ring (bicyclic) bond motifs is 1. The van der Waals surface area contributed by atoms with Crippen LogP contribution in [0.5, 0.6) is 0 Å². The molecule has 0 atom stereocenters. The molecule has 1 heterocycles. The molecule has 1 aliphatic rings. The van der Waals surface area contributed by atoms with Gasteiger partial charge >= 0.3 is 6.18 Å². The van der Waals surface area contributed by atoms with E-state index in [1.165, 1.54) is 6.07 Å². The fourth-order valence-corrected chi connectivity index (χ4v) is 3.28. The fraction of sp³-hybridized carbons (Fsp3) is 0.100. The van der Waals surface area contributed by atoms with E-state index in [2.05, 4.69) is 10.6 Å². The number of hydrogen-bond donors (Lipinski definition) is 2. The second-order valence-corrected chi connectivity index (χ2v) is 5.96. The third kappa shape index (κ3) is 2.52. The van der Waals surface area contributed by atoms with E-state index in [9.17, 15) is 13.2 Å². The first-order chi connectivity index (χ1) is 12.0. The topological polar surface area (TPSA) is 24.1 Å². The monoisotopic (exact) mass is 340 g/mol. The number of alkyl halides is 3. The molecule has 2 N–H and O–H groups in total. The van der Waals surface area contributed by atoms with E-state index in [0.29, 0.717) is 5.69 Å². The van der Waals surface area contributed by atoms with Crippen molar-refractivity contribution in [3.8, 4) is 0 Å². The van der Waals surface area contributed by atoms with Crippen molar-refractivity contribution in [2.24, 2.45) is 0 Å². The number of hydrogen-bond acceptors (Lipinski definition) is 2. The van der Waals surface area contributed by atoms with E-state index in [-0.39, 0.29) is 5.69 Å². The van der Waals surface area contributed by atoms with E-state index in [4.69, 9.17) is 0 Å². The molecule has 0 radical (unpaired) electrons. The molecule has 0 saturated heterocycles. The quantitative estimate of drug-likeness (QED) is 0.649. The van der Waals surface area contributed by atoms with Crippen LogP contribution in [0.25, 0.3) is 0 Å². The normalized spacial score (nSPS) is 15.2. The Morgan fingerprint density at radius 2 is 1.20 bits per heavy atom. The standard InChI is InChI=1S/C20H15F3N2/c21-20(22,23)16-12-7-13-17-18(16)25-19(24-17,14-8-3-1-4-9-14)15-10-5-2-6-11-15/h1-13,24-25H. The summed E-state index contributed by atoms with van der Waals surface area (Å²) < 4.78 is 40.3. The van der Waals surface area contributed by atoms with Crippen LogP contribution in [0.15, 0.2) is 78.9 Å². The van der Waals surface area contributed by atoms with Crippen LogP contribution in [0.1, 0.15) is 16.7 Å². The number of rotatable bonds is 2. The van der Waals surface area contributed by atoms with Crippen molar-refractivity contribution in [3.05, 3.63) is 95.6 Å². The predicted octanol–water partition coefficient (Wildman–Crippen LogP) is 5.44. The first kappa shape index (κ1) is 15.6. The second-order valence-electron chi connectivity index (χ2n) is 5.96. The minimum absolute atomic E-state index is 0.0720. The van der Waals surface area contributed by atoms with E-state index >= 15 is 0 Å². The largest absolute Gasteiger partial charge is 0.418 e. The first-order valence-corrected chi connectivity index (χ1v) is 7.88. The lowest BCUT2D eigenvalue weighted by Gasteiger charge is -2.32. The summed E-state index contributed by atoms with van der Waals surface area (Å²) in [5, 5.41) is 6.41. The molecule has 0 saturated carbocycles. The Bertz CT molecular complexity index is 850. The van der Waals surface area contributed by atoms with Gasteiger partial charge in [0.25, 0.3) is 0 Å². The van der Waals surface area contributed by atoms with Gasteiger partial charge in [-0.25, -0.2) is 0 Å². The van der Waals surface area contributed by atoms with Crippen LogP contribution in [-0.2, 0) is 11.8 Å². The van der Waals surface area contributed by atoms with E-state index < -0.39 is 17.4 Å². The highest BCUT2D eigenvalue weighted by Gasteiger charge is 2.44. The molecule has 0 bridgehead atoms. The highest BCUT2D eigenvalue weighted by Crippen LogP contribution is 2.48. The van der Waals surface area contributed by atoms with Crippen molar-refractivity contribution in [1.82, 2.24) is 0 Å². The fourth-order valence-electron chi connectivity index (χ4n) is 3.28. The van der Waals surface area contributed by atoms with Crippen LogP contribution in [0.3, 0.4) is 0 Å². The van der Waals surface area contributed by atoms with Gasteiger partial charge in [-0.05, 0) is 12.1 Å². The van der Waals surface area contributed by atoms with Gasteiger partial charge < -0.3 is 10.6 Å². The van der Waals surface area contributed by atoms with E-state index in [0.717, 1.165) is 17.2 Å². The zero-order chi connectivity index (χ0) is 17.5. The van der Waals surface area contributed by atoms with Gasteiger partial charge in [0.1, 0.15) is 0 Å². The summed E-state index contributed by atoms with van der Waals surface area (Å²) in [6.07, 6.45) is -4.43. The molecule has 4 rings (SSSR count). The molecule has 0 aromatic heterocycles. The number of anilines is 2. The van der Waals surface area contributed by atoms with Gasteiger partial charge in [0.05, 0.1) is 16.9 Å². The summed E-state index contributed by atoms with van der Waals surface area (Å²) in [6.45, 7) is 0. The Labute approximate surface area is 143 Å². The molecule has 0 unspecified atom stereocenters. The van der Waals surface area contributed by atoms with E-state index in [1.807, 2.05) is 60.7 Å². The van der Waals surface area contributed by atoms with Crippen LogP contribution in [0.2, 0.25) is 0 Å². The van der Waals surface area contributed by atoms with Gasteiger partial charge in [0, 0.05) is 11.1 Å². The molecule has 2 nitrogen and oxygen atoms in total. The number of halogens is 3. The number of benzene rings is 3. The summed E-state index contributed by atoms with van der Waals surface area (Å²) in [4.78, 5) is 0. The Hall–Kier alpha value is -2.95. The highest BCUT2D eigenvalue weighted by atomic mass is 19.4. The maximum absolute atomic E-state index is 13.4. The molecule has 5 heteroatoms. The first-order valence-electron chi connectivity index (χ1n) is 7.88. The lowest BCUT2D eigenvalue weighted by atomic mass is 9.91. The predicted molar refractivity (Wildman–Crippen MR) is 92.4 cm³/mol. The van der Waals surface area contributed by atoms with Gasteiger partial charge in [-0.3, -0.25) is 0 Å². The molecular weight excluding hydrogens is 325 g/mol. The Morgan fingerprint density at radius 3 is 1.72 bits per heavy atom. The lowest BCUT2D eigenvalue weighted by Crippen LogP contribution is -2.40. The lowest BCUT2D eigenvalue weighted by molar-refractivity contribution is -0.136. The van der Waals surface area contributed by atoms with Crippen LogP contribution in [-0.4, -0.2) is 0 Å². The molecule has 1 aliphatic heterocycles. The smallest absolute Gasteiger partial charge is 0.354 e. The molecule has 3 aromatic carbocycles. The van der Waals surface area contributed by atoms with Crippen molar-refractivity contribution in [2.75, 3.05) is 10.6 Å². The zero-order valence-electron chi connectivity index (χ0n) is 13.1. The zero-order valence-corrected chi connectivity index (χ0v) is 13.1. The summed E-state index contributed by atoms with van der Waals surface area (Å²) in [7, 11) is 0. The maximum atomic E-state index is 13.4. The molecule has 3 aromatic rings. The third-order valence-electron chi connectivity index (χ3n) is 4.42. The van der Waals surface area contributed by atoms with Crippen LogP contribution in [0.4, 0.5) is 24.5 Å². The minimum atomic E-state index is -4.43. The summed E-state index contributed by atoms with van der Waals surface area (Å²) >= 11 is 0. The molecule has 25 heavy (non-hydrogen) atoms. The van der Waals surface area contributed by atoms with Gasteiger partial charge in [-0.2, -0.15) is 13.2 Å². The Morgan fingerprint density at radius 1 is 0.640 bits per heavy atom. The van der Waals surface area contributed by atoms with Crippen LogP contribution >= 0.6 is 0 Å². The Balaban J connectivity index is 1.91. The average Bonchev–Trinajstić information content (AvgIpc) is 3.03. The summed E-state index contributed by atoms with van der Waals surface area (Å²) in [6, 6.07) is 23.0.